The molecule has 0 radical (unpaired) electrons. The van der Waals surface area contributed by atoms with E-state index in [4.69, 9.17) is 12.2 Å². The molecule has 5 heteroatoms. The highest BCUT2D eigenvalue weighted by Gasteiger charge is 2.51. The SMILES string of the molecule is CNC(=S)N(C)NC(=O)CC12CC3CC(CC(C3)C1)C2. The van der Waals surface area contributed by atoms with E-state index < -0.39 is 0 Å². The molecule has 0 aromatic rings. The van der Waals surface area contributed by atoms with Crippen LogP contribution in [0.2, 0.25) is 0 Å². The molecule has 4 nitrogen and oxygen atoms in total. The van der Waals surface area contributed by atoms with Crippen LogP contribution in [0.3, 0.4) is 0 Å². The van der Waals surface area contributed by atoms with Gasteiger partial charge in [0.25, 0.3) is 0 Å². The number of nitrogens with zero attached hydrogens (tertiary/aromatic N) is 1. The number of rotatable bonds is 2. The number of hydrogen-bond acceptors (Lipinski definition) is 2. The first-order valence-corrected chi connectivity index (χ1v) is 8.15. The molecule has 20 heavy (non-hydrogen) atoms. The molecule has 0 aromatic heterocycles. The third kappa shape index (κ3) is 2.65. The molecule has 4 aliphatic rings. The molecular weight excluding hydrogens is 270 g/mol. The molecule has 4 fully saturated rings. The van der Waals surface area contributed by atoms with Crippen LogP contribution in [0, 0.1) is 23.2 Å². The first-order valence-electron chi connectivity index (χ1n) is 7.74. The van der Waals surface area contributed by atoms with Crippen molar-refractivity contribution in [1.29, 1.82) is 0 Å². The van der Waals surface area contributed by atoms with Crippen molar-refractivity contribution in [3.05, 3.63) is 0 Å². The molecule has 0 aliphatic heterocycles. The van der Waals surface area contributed by atoms with Gasteiger partial charge >= 0.3 is 0 Å². The summed E-state index contributed by atoms with van der Waals surface area (Å²) in [6, 6.07) is 0. The van der Waals surface area contributed by atoms with E-state index in [2.05, 4.69) is 10.7 Å². The topological polar surface area (TPSA) is 44.4 Å². The van der Waals surface area contributed by atoms with Crippen molar-refractivity contribution >= 4 is 23.2 Å². The monoisotopic (exact) mass is 295 g/mol. The van der Waals surface area contributed by atoms with Crippen molar-refractivity contribution in [2.45, 2.75) is 44.9 Å². The minimum atomic E-state index is 0.118. The first-order chi connectivity index (χ1) is 9.49. The Hall–Kier alpha value is -0.840. The maximum atomic E-state index is 12.3. The zero-order chi connectivity index (χ0) is 14.3. The van der Waals surface area contributed by atoms with Crippen LogP contribution in [-0.4, -0.2) is 30.1 Å². The highest BCUT2D eigenvalue weighted by atomic mass is 32.1. The number of carbonyl (C=O) groups is 1. The van der Waals surface area contributed by atoms with Gasteiger partial charge in [-0.2, -0.15) is 0 Å². The van der Waals surface area contributed by atoms with Gasteiger partial charge in [0.2, 0.25) is 5.91 Å². The molecule has 0 aromatic carbocycles. The molecule has 112 valence electrons. The van der Waals surface area contributed by atoms with Gasteiger partial charge in [-0.15, -0.1) is 0 Å². The summed E-state index contributed by atoms with van der Waals surface area (Å²) in [4.78, 5) is 12.3. The lowest BCUT2D eigenvalue weighted by Crippen LogP contribution is -2.51. The van der Waals surface area contributed by atoms with Crippen LogP contribution in [0.4, 0.5) is 0 Å². The van der Waals surface area contributed by atoms with Gasteiger partial charge in [0.15, 0.2) is 5.11 Å². The summed E-state index contributed by atoms with van der Waals surface area (Å²) in [6.07, 6.45) is 8.75. The highest BCUT2D eigenvalue weighted by Crippen LogP contribution is 2.61. The molecule has 4 rings (SSSR count). The lowest BCUT2D eigenvalue weighted by Gasteiger charge is -2.56. The van der Waals surface area contributed by atoms with E-state index in [0.717, 1.165) is 17.8 Å². The van der Waals surface area contributed by atoms with Crippen molar-refractivity contribution in [2.75, 3.05) is 14.1 Å². The Morgan fingerprint density at radius 2 is 1.70 bits per heavy atom. The first kappa shape index (κ1) is 14.1. The molecule has 0 spiro atoms. The van der Waals surface area contributed by atoms with Crippen LogP contribution in [0.25, 0.3) is 0 Å². The van der Waals surface area contributed by atoms with Gasteiger partial charge < -0.3 is 5.32 Å². The normalized spacial score (nSPS) is 37.6. The average Bonchev–Trinajstić information content (AvgIpc) is 2.34. The smallest absolute Gasteiger partial charge is 0.239 e. The number of thiocarbonyl (C=S) groups is 1. The Labute approximate surface area is 126 Å². The van der Waals surface area contributed by atoms with Gasteiger partial charge in [0.1, 0.15) is 0 Å². The summed E-state index contributed by atoms with van der Waals surface area (Å²) in [6.45, 7) is 0. The predicted octanol–water partition coefficient (Wildman–Crippen LogP) is 2.06. The zero-order valence-corrected chi connectivity index (χ0v) is 13.3. The Morgan fingerprint density at radius 3 is 2.15 bits per heavy atom. The fraction of sp³-hybridized carbons (Fsp3) is 0.867. The van der Waals surface area contributed by atoms with Crippen molar-refractivity contribution < 1.29 is 4.79 Å². The average molecular weight is 295 g/mol. The summed E-state index contributed by atoms with van der Waals surface area (Å²) in [5, 5.41) is 5.03. The van der Waals surface area contributed by atoms with Gasteiger partial charge in [0, 0.05) is 20.5 Å². The summed E-state index contributed by atoms with van der Waals surface area (Å²) in [5.74, 6) is 2.80. The quantitative estimate of drug-likeness (QED) is 0.604. The number of amides is 1. The number of carbonyl (C=O) groups excluding carboxylic acids is 1. The lowest BCUT2D eigenvalue weighted by molar-refractivity contribution is -0.132. The summed E-state index contributed by atoms with van der Waals surface area (Å²) >= 11 is 5.11. The van der Waals surface area contributed by atoms with E-state index in [1.807, 2.05) is 0 Å². The van der Waals surface area contributed by atoms with Crippen LogP contribution in [0.5, 0.6) is 0 Å². The van der Waals surface area contributed by atoms with Gasteiger partial charge in [-0.1, -0.05) is 0 Å². The van der Waals surface area contributed by atoms with E-state index in [1.165, 1.54) is 38.5 Å². The maximum Gasteiger partial charge on any atom is 0.239 e. The number of nitrogens with one attached hydrogen (secondary N) is 2. The lowest BCUT2D eigenvalue weighted by atomic mass is 9.49. The fourth-order valence-corrected chi connectivity index (χ4v) is 5.34. The van der Waals surface area contributed by atoms with Crippen LogP contribution in [-0.2, 0) is 4.79 Å². The number of hydrogen-bond donors (Lipinski definition) is 2. The van der Waals surface area contributed by atoms with Crippen molar-refractivity contribution in [1.82, 2.24) is 15.8 Å². The van der Waals surface area contributed by atoms with Crippen molar-refractivity contribution in [2.24, 2.45) is 23.2 Å². The molecule has 4 aliphatic carbocycles. The van der Waals surface area contributed by atoms with Crippen molar-refractivity contribution in [3.63, 3.8) is 0 Å². The maximum absolute atomic E-state index is 12.3. The predicted molar refractivity (Wildman–Crippen MR) is 82.8 cm³/mol. The van der Waals surface area contributed by atoms with E-state index in [0.29, 0.717) is 16.9 Å². The molecule has 0 atom stereocenters. The second-order valence-corrected chi connectivity index (χ2v) is 7.63. The second-order valence-electron chi connectivity index (χ2n) is 7.24. The highest BCUT2D eigenvalue weighted by molar-refractivity contribution is 7.80. The van der Waals surface area contributed by atoms with Crippen LogP contribution in [0.15, 0.2) is 0 Å². The fourth-order valence-electron chi connectivity index (χ4n) is 5.29. The van der Waals surface area contributed by atoms with Gasteiger partial charge in [-0.05, 0) is 73.9 Å². The molecule has 4 saturated carbocycles. The van der Waals surface area contributed by atoms with E-state index >= 15 is 0 Å². The molecular formula is C15H25N3OS. The number of hydrazine groups is 1. The molecule has 1 amide bonds. The standard InChI is InChI=1S/C15H25N3OS/c1-16-14(20)18(2)17-13(19)9-15-6-10-3-11(7-15)5-12(4-10)8-15/h10-12H,3-9H2,1-2H3,(H,16,20)(H,17,19). The minimum Gasteiger partial charge on any atom is -0.364 e. The van der Waals surface area contributed by atoms with Gasteiger partial charge in [0.05, 0.1) is 0 Å². The Morgan fingerprint density at radius 1 is 1.20 bits per heavy atom. The molecule has 0 heterocycles. The molecule has 2 N–H and O–H groups in total. The van der Waals surface area contributed by atoms with Gasteiger partial charge in [-0.3, -0.25) is 15.2 Å². The summed E-state index contributed by atoms with van der Waals surface area (Å²) < 4.78 is 0. The molecule has 0 saturated heterocycles. The largest absolute Gasteiger partial charge is 0.364 e. The second kappa shape index (κ2) is 5.17. The zero-order valence-electron chi connectivity index (χ0n) is 12.4. The summed E-state index contributed by atoms with van der Waals surface area (Å²) in [7, 11) is 3.56. The minimum absolute atomic E-state index is 0.118. The van der Waals surface area contributed by atoms with Crippen LogP contribution in [0.1, 0.15) is 44.9 Å². The van der Waals surface area contributed by atoms with Crippen molar-refractivity contribution in [3.8, 4) is 0 Å². The van der Waals surface area contributed by atoms with E-state index in [1.54, 1.807) is 19.1 Å². The Bertz CT molecular complexity index is 388. The third-order valence-electron chi connectivity index (χ3n) is 5.51. The van der Waals surface area contributed by atoms with E-state index in [-0.39, 0.29) is 5.91 Å². The summed E-state index contributed by atoms with van der Waals surface area (Å²) in [5.41, 5.74) is 3.19. The van der Waals surface area contributed by atoms with Gasteiger partial charge in [-0.25, -0.2) is 0 Å². The van der Waals surface area contributed by atoms with Crippen LogP contribution >= 0.6 is 12.2 Å². The molecule has 0 unspecified atom stereocenters. The van der Waals surface area contributed by atoms with Crippen LogP contribution < -0.4 is 10.7 Å². The molecule has 4 bridgehead atoms. The third-order valence-corrected chi connectivity index (χ3v) is 5.99. The van der Waals surface area contributed by atoms with E-state index in [9.17, 15) is 4.79 Å². The Kier molecular flexibility index (Phi) is 3.65. The Balaban J connectivity index is 1.60.